The molecule has 187 valence electrons. The Morgan fingerprint density at radius 1 is 0.727 bits per heavy atom. The van der Waals surface area contributed by atoms with E-state index in [2.05, 4.69) is 22.1 Å². The van der Waals surface area contributed by atoms with Crippen molar-refractivity contribution in [3.8, 4) is 0 Å². The monoisotopic (exact) mass is 495 g/mol. The zero-order valence-electron chi connectivity index (χ0n) is 21.2. The van der Waals surface area contributed by atoms with E-state index in [0.29, 0.717) is 39.6 Å². The molecular formula is C24H43N2O5Si2. The van der Waals surface area contributed by atoms with Crippen molar-refractivity contribution in [1.82, 2.24) is 0 Å². The summed E-state index contributed by atoms with van der Waals surface area (Å²) in [5.74, 6) is 0. The van der Waals surface area contributed by atoms with Crippen LogP contribution in [0, 0.1) is 0 Å². The molecule has 7 nitrogen and oxygen atoms in total. The van der Waals surface area contributed by atoms with Gasteiger partial charge in [-0.15, -0.1) is 0 Å². The zero-order valence-corrected chi connectivity index (χ0v) is 23.2. The maximum absolute atomic E-state index is 5.91. The lowest BCUT2D eigenvalue weighted by atomic mass is 10.1. The number of aliphatic imine (C=N–C) groups is 2. The Morgan fingerprint density at radius 3 is 1.67 bits per heavy atom. The molecule has 1 radical (unpaired) electrons. The fraction of sp³-hybridized carbons (Fsp3) is 0.667. The molecule has 33 heavy (non-hydrogen) atoms. The van der Waals surface area contributed by atoms with Crippen LogP contribution in [0.5, 0.6) is 0 Å². The van der Waals surface area contributed by atoms with Gasteiger partial charge in [0, 0.05) is 75.7 Å². The third kappa shape index (κ3) is 12.7. The predicted octanol–water partition coefficient (Wildman–Crippen LogP) is 4.91. The molecule has 1 aromatic carbocycles. The van der Waals surface area contributed by atoms with E-state index in [4.69, 9.17) is 22.1 Å². The number of hydrogen-bond donors (Lipinski definition) is 0. The summed E-state index contributed by atoms with van der Waals surface area (Å²) in [6.07, 6.45) is 5.69. The van der Waals surface area contributed by atoms with Crippen LogP contribution >= 0.6 is 0 Å². The van der Waals surface area contributed by atoms with E-state index in [0.717, 1.165) is 42.6 Å². The molecule has 0 fully saturated rings. The van der Waals surface area contributed by atoms with Gasteiger partial charge in [-0.05, 0) is 53.5 Å². The largest absolute Gasteiger partial charge is 0.500 e. The van der Waals surface area contributed by atoms with Gasteiger partial charge in [0.15, 0.2) is 0 Å². The van der Waals surface area contributed by atoms with Gasteiger partial charge in [-0.2, -0.15) is 0 Å². The van der Waals surface area contributed by atoms with Gasteiger partial charge >= 0.3 is 18.1 Å². The Bertz CT molecular complexity index is 653. The van der Waals surface area contributed by atoms with E-state index >= 15 is 0 Å². The first-order valence-corrected chi connectivity index (χ1v) is 15.7. The van der Waals surface area contributed by atoms with E-state index in [1.807, 2.05) is 59.2 Å². The first-order chi connectivity index (χ1) is 16.1. The molecule has 0 aromatic heterocycles. The summed E-state index contributed by atoms with van der Waals surface area (Å²) < 4.78 is 29.1. The van der Waals surface area contributed by atoms with E-state index in [1.54, 1.807) is 0 Å². The molecule has 0 saturated heterocycles. The summed E-state index contributed by atoms with van der Waals surface area (Å²) >= 11 is 0. The molecule has 0 aliphatic heterocycles. The minimum atomic E-state index is -2.59. The van der Waals surface area contributed by atoms with Crippen LogP contribution in [0.2, 0.25) is 12.1 Å². The minimum Gasteiger partial charge on any atom is -0.394 e. The van der Waals surface area contributed by atoms with Crippen molar-refractivity contribution in [1.29, 1.82) is 0 Å². The van der Waals surface area contributed by atoms with Crippen LogP contribution < -0.4 is 0 Å². The molecule has 0 saturated carbocycles. The second-order valence-corrected chi connectivity index (χ2v) is 11.7. The topological polar surface area (TPSA) is 70.9 Å². The molecule has 0 aliphatic rings. The highest BCUT2D eigenvalue weighted by molar-refractivity contribution is 6.60. The van der Waals surface area contributed by atoms with Gasteiger partial charge in [0.05, 0.1) is 0 Å². The molecule has 1 rings (SSSR count). The number of rotatable bonds is 20. The highest BCUT2D eigenvalue weighted by Crippen LogP contribution is 2.18. The highest BCUT2D eigenvalue weighted by Gasteiger charge is 2.39. The molecule has 0 aliphatic carbocycles. The van der Waals surface area contributed by atoms with Crippen LogP contribution in [0.25, 0.3) is 0 Å². The van der Waals surface area contributed by atoms with Gasteiger partial charge in [-0.1, -0.05) is 24.3 Å². The smallest absolute Gasteiger partial charge is 0.394 e. The lowest BCUT2D eigenvalue weighted by Gasteiger charge is -2.28. The average Bonchev–Trinajstić information content (AvgIpc) is 2.80. The molecule has 0 atom stereocenters. The molecule has 0 heterocycles. The van der Waals surface area contributed by atoms with Crippen LogP contribution in [0.15, 0.2) is 34.3 Å². The predicted molar refractivity (Wildman–Crippen MR) is 140 cm³/mol. The van der Waals surface area contributed by atoms with Crippen LogP contribution in [0.4, 0.5) is 0 Å². The average molecular weight is 496 g/mol. The lowest BCUT2D eigenvalue weighted by molar-refractivity contribution is 0.0710. The van der Waals surface area contributed by atoms with Gasteiger partial charge in [0.25, 0.3) is 0 Å². The van der Waals surface area contributed by atoms with Gasteiger partial charge in [-0.3, -0.25) is 9.98 Å². The van der Waals surface area contributed by atoms with Gasteiger partial charge in [-0.25, -0.2) is 0 Å². The van der Waals surface area contributed by atoms with Gasteiger partial charge < -0.3 is 22.1 Å². The van der Waals surface area contributed by atoms with Crippen molar-refractivity contribution in [2.45, 2.75) is 59.5 Å². The molecule has 9 heteroatoms. The summed E-state index contributed by atoms with van der Waals surface area (Å²) in [5.41, 5.74) is 2.14. The van der Waals surface area contributed by atoms with Crippen molar-refractivity contribution >= 4 is 30.5 Å². The number of hydrogen-bond acceptors (Lipinski definition) is 7. The molecule has 1 aromatic rings. The molecule has 0 unspecified atom stereocenters. The number of benzene rings is 1. The Hall–Kier alpha value is -1.21. The fourth-order valence-electron chi connectivity index (χ4n) is 3.28. The summed E-state index contributed by atoms with van der Waals surface area (Å²) in [7, 11) is -3.75. The van der Waals surface area contributed by atoms with Gasteiger partial charge in [0.2, 0.25) is 0 Å². The first-order valence-electron chi connectivity index (χ1n) is 12.3. The van der Waals surface area contributed by atoms with Crippen molar-refractivity contribution in [3.05, 3.63) is 35.4 Å². The third-order valence-electron chi connectivity index (χ3n) is 4.60. The minimum absolute atomic E-state index is 0.599. The summed E-state index contributed by atoms with van der Waals surface area (Å²) in [6.45, 7) is 14.6. The number of nitrogens with zero attached hydrogens (tertiary/aromatic N) is 2. The summed E-state index contributed by atoms with van der Waals surface area (Å²) in [6, 6.07) is 9.90. The normalized spacial score (nSPS) is 12.5. The van der Waals surface area contributed by atoms with Gasteiger partial charge in [0.1, 0.15) is 0 Å². The lowest BCUT2D eigenvalue weighted by Crippen LogP contribution is -2.46. The van der Waals surface area contributed by atoms with Crippen LogP contribution in [-0.4, -0.2) is 76.6 Å². The SMILES string of the molecule is CCO[Si](CCCN=Cc1ccccc1C=NCCC[Si](OCC)(OCC)OCC)OCC. The zero-order chi connectivity index (χ0) is 24.2. The van der Waals surface area contributed by atoms with Crippen molar-refractivity contribution < 1.29 is 22.1 Å². The quantitative estimate of drug-likeness (QED) is 0.146. The third-order valence-corrected chi connectivity index (χ3v) is 9.73. The maximum Gasteiger partial charge on any atom is 0.500 e. The molecule has 0 amide bonds. The Kier molecular flexibility index (Phi) is 17.3. The summed E-state index contributed by atoms with van der Waals surface area (Å²) in [4.78, 5) is 9.24. The van der Waals surface area contributed by atoms with Crippen LogP contribution in [-0.2, 0) is 22.1 Å². The molecule has 0 N–H and O–H groups in total. The highest BCUT2D eigenvalue weighted by atomic mass is 28.4. The van der Waals surface area contributed by atoms with Crippen LogP contribution in [0.1, 0.15) is 58.6 Å². The van der Waals surface area contributed by atoms with E-state index < -0.39 is 18.1 Å². The Labute approximate surface area is 203 Å². The molecule has 0 bridgehead atoms. The van der Waals surface area contributed by atoms with E-state index in [9.17, 15) is 0 Å². The van der Waals surface area contributed by atoms with E-state index in [1.165, 1.54) is 0 Å². The summed E-state index contributed by atoms with van der Waals surface area (Å²) in [5, 5.41) is 0. The Morgan fingerprint density at radius 2 is 1.21 bits per heavy atom. The first kappa shape index (κ1) is 29.8. The second-order valence-electron chi connectivity index (χ2n) is 7.13. The fourth-order valence-corrected chi connectivity index (χ4v) is 7.34. The van der Waals surface area contributed by atoms with E-state index in [-0.39, 0.29) is 0 Å². The standard InChI is InChI=1S/C24H43N2O5Si2/c1-6-27-32(28-7-2)19-13-17-25-21-23-15-11-12-16-24(23)22-26-18-14-20-33(29-8-3,30-9-4)31-10-5/h11-12,15-16,21-22H,6-10,13-14,17-20H2,1-5H3. The molecule has 0 spiro atoms. The second kappa shape index (κ2) is 19.1. The maximum atomic E-state index is 5.91. The molecular weight excluding hydrogens is 452 g/mol. The van der Waals surface area contributed by atoms with Crippen LogP contribution in [0.3, 0.4) is 0 Å². The Balaban J connectivity index is 2.55. The van der Waals surface area contributed by atoms with Crippen molar-refractivity contribution in [3.63, 3.8) is 0 Å². The van der Waals surface area contributed by atoms with Crippen molar-refractivity contribution in [2.24, 2.45) is 9.98 Å². The van der Waals surface area contributed by atoms with Crippen molar-refractivity contribution in [2.75, 3.05) is 46.1 Å².